The lowest BCUT2D eigenvalue weighted by atomic mass is 9.73. The van der Waals surface area contributed by atoms with Gasteiger partial charge >= 0.3 is 0 Å². The van der Waals surface area contributed by atoms with Crippen LogP contribution < -0.4 is 5.32 Å². The molecule has 0 radical (unpaired) electrons. The van der Waals surface area contributed by atoms with E-state index in [4.69, 9.17) is 0 Å². The molecule has 150 valence electrons. The highest BCUT2D eigenvalue weighted by Crippen LogP contribution is 2.41. The summed E-state index contributed by atoms with van der Waals surface area (Å²) in [6.45, 7) is 4.07. The van der Waals surface area contributed by atoms with Gasteiger partial charge in [-0.3, -0.25) is 9.78 Å². The van der Waals surface area contributed by atoms with Gasteiger partial charge in [-0.2, -0.15) is 0 Å². The van der Waals surface area contributed by atoms with Crippen molar-refractivity contribution < 1.29 is 9.18 Å². The maximum Gasteiger partial charge on any atom is 0.227 e. The van der Waals surface area contributed by atoms with Crippen LogP contribution >= 0.6 is 0 Å². The fourth-order valence-corrected chi connectivity index (χ4v) is 4.53. The number of anilines is 1. The Morgan fingerprint density at radius 1 is 1.07 bits per heavy atom. The molecule has 1 fully saturated rings. The number of halogens is 1. The number of carbonyl (C=O) groups excluding carboxylic acids is 1. The average molecular weight is 391 g/mol. The van der Waals surface area contributed by atoms with Gasteiger partial charge < -0.3 is 5.32 Å². The number of aryl methyl sites for hydroxylation is 1. The average Bonchev–Trinajstić information content (AvgIpc) is 2.74. The third-order valence-corrected chi connectivity index (χ3v) is 6.39. The molecule has 0 spiro atoms. The zero-order chi connectivity index (χ0) is 20.4. The number of hydrogen-bond acceptors (Lipinski definition) is 2. The van der Waals surface area contributed by atoms with Crippen LogP contribution in [0.1, 0.15) is 49.7 Å². The number of aromatic nitrogens is 1. The number of fused-ring (bicyclic) bond motifs is 1. The second kappa shape index (κ2) is 8.32. The maximum atomic E-state index is 13.8. The maximum absolute atomic E-state index is 13.8. The normalized spacial score (nSPS) is 20.4. The Morgan fingerprint density at radius 2 is 1.79 bits per heavy atom. The third kappa shape index (κ3) is 4.31. The van der Waals surface area contributed by atoms with Gasteiger partial charge in [0.05, 0.1) is 5.52 Å². The van der Waals surface area contributed by atoms with Crippen molar-refractivity contribution in [1.29, 1.82) is 0 Å². The minimum atomic E-state index is -0.221. The zero-order valence-corrected chi connectivity index (χ0v) is 17.0. The highest BCUT2D eigenvalue weighted by Gasteiger charge is 2.30. The number of carbonyl (C=O) groups is 1. The molecule has 0 bridgehead atoms. The fourth-order valence-electron chi connectivity index (χ4n) is 4.53. The standard InChI is InChI=1S/C25H27FN2O/c1-16-3-10-21(11-4-16)28-25(29)17(2)18-5-7-19(8-6-18)22-13-14-27-24-12-9-20(26)15-23(22)24/h3-4,9-15,17-19H,5-8H2,1-2H3,(H,28,29). The molecular weight excluding hydrogens is 363 g/mol. The molecule has 29 heavy (non-hydrogen) atoms. The number of hydrogen-bond donors (Lipinski definition) is 1. The van der Waals surface area contributed by atoms with E-state index < -0.39 is 0 Å². The van der Waals surface area contributed by atoms with Crippen molar-refractivity contribution in [2.45, 2.75) is 45.4 Å². The first-order valence-electron chi connectivity index (χ1n) is 10.4. The van der Waals surface area contributed by atoms with Crippen molar-refractivity contribution in [2.75, 3.05) is 5.32 Å². The SMILES string of the molecule is Cc1ccc(NC(=O)C(C)C2CCC(c3ccnc4ccc(F)cc34)CC2)cc1. The molecule has 3 aromatic rings. The smallest absolute Gasteiger partial charge is 0.227 e. The summed E-state index contributed by atoms with van der Waals surface area (Å²) in [5.41, 5.74) is 4.06. The van der Waals surface area contributed by atoms with Crippen LogP contribution in [-0.2, 0) is 4.79 Å². The van der Waals surface area contributed by atoms with E-state index >= 15 is 0 Å². The number of rotatable bonds is 4. The Balaban J connectivity index is 1.41. The van der Waals surface area contributed by atoms with Crippen molar-refractivity contribution in [1.82, 2.24) is 4.98 Å². The summed E-state index contributed by atoms with van der Waals surface area (Å²) in [6.07, 6.45) is 5.86. The van der Waals surface area contributed by atoms with E-state index in [-0.39, 0.29) is 17.6 Å². The van der Waals surface area contributed by atoms with Gasteiger partial charge in [-0.25, -0.2) is 4.39 Å². The van der Waals surface area contributed by atoms with Crippen molar-refractivity contribution in [2.24, 2.45) is 11.8 Å². The predicted octanol–water partition coefficient (Wildman–Crippen LogP) is 6.23. The summed E-state index contributed by atoms with van der Waals surface area (Å²) in [4.78, 5) is 17.1. The number of nitrogens with one attached hydrogen (secondary N) is 1. The number of benzene rings is 2. The molecule has 1 aromatic heterocycles. The van der Waals surface area contributed by atoms with Gasteiger partial charge in [0, 0.05) is 23.2 Å². The quantitative estimate of drug-likeness (QED) is 0.574. The first-order chi connectivity index (χ1) is 14.0. The molecule has 3 nitrogen and oxygen atoms in total. The van der Waals surface area contributed by atoms with Gasteiger partial charge in [-0.05, 0) is 86.4 Å². The van der Waals surface area contributed by atoms with Crippen molar-refractivity contribution in [3.8, 4) is 0 Å². The van der Waals surface area contributed by atoms with E-state index in [1.807, 2.05) is 50.4 Å². The van der Waals surface area contributed by atoms with E-state index in [1.54, 1.807) is 12.1 Å². The van der Waals surface area contributed by atoms with Crippen molar-refractivity contribution in [3.63, 3.8) is 0 Å². The van der Waals surface area contributed by atoms with Gasteiger partial charge in [-0.15, -0.1) is 0 Å². The van der Waals surface area contributed by atoms with Crippen LogP contribution in [-0.4, -0.2) is 10.9 Å². The van der Waals surface area contributed by atoms with Gasteiger partial charge in [0.15, 0.2) is 0 Å². The van der Waals surface area contributed by atoms with E-state index in [0.717, 1.165) is 42.3 Å². The summed E-state index contributed by atoms with van der Waals surface area (Å²) in [5, 5.41) is 3.97. The first kappa shape index (κ1) is 19.6. The van der Waals surface area contributed by atoms with Crippen molar-refractivity contribution >= 4 is 22.5 Å². The van der Waals surface area contributed by atoms with Crippen LogP contribution in [0.2, 0.25) is 0 Å². The molecule has 4 rings (SSSR count). The highest BCUT2D eigenvalue weighted by atomic mass is 19.1. The van der Waals surface area contributed by atoms with Gasteiger partial charge in [0.1, 0.15) is 5.82 Å². The Kier molecular flexibility index (Phi) is 5.61. The summed E-state index contributed by atoms with van der Waals surface area (Å²) in [7, 11) is 0. The van der Waals surface area contributed by atoms with Crippen LogP contribution in [0.3, 0.4) is 0 Å². The number of amides is 1. The molecule has 1 aliphatic carbocycles. The highest BCUT2D eigenvalue weighted by molar-refractivity contribution is 5.92. The zero-order valence-electron chi connectivity index (χ0n) is 17.0. The minimum Gasteiger partial charge on any atom is -0.326 e. The molecule has 1 unspecified atom stereocenters. The van der Waals surface area contributed by atoms with Crippen molar-refractivity contribution in [3.05, 3.63) is 71.7 Å². The number of nitrogens with zero attached hydrogens (tertiary/aromatic N) is 1. The minimum absolute atomic E-state index is 0.0242. The second-order valence-corrected chi connectivity index (χ2v) is 8.32. The Bertz CT molecular complexity index is 1010. The van der Waals surface area contributed by atoms with E-state index in [9.17, 15) is 9.18 Å². The molecule has 0 aliphatic heterocycles. The van der Waals surface area contributed by atoms with Crippen LogP contribution in [0.15, 0.2) is 54.7 Å². The van der Waals surface area contributed by atoms with E-state index in [0.29, 0.717) is 11.8 Å². The Labute approximate surface area is 171 Å². The molecule has 1 N–H and O–H groups in total. The summed E-state index contributed by atoms with van der Waals surface area (Å²) in [5.74, 6) is 0.617. The van der Waals surface area contributed by atoms with Crippen LogP contribution in [0, 0.1) is 24.6 Å². The lowest BCUT2D eigenvalue weighted by Crippen LogP contribution is -2.29. The molecule has 4 heteroatoms. The molecule has 1 atom stereocenters. The van der Waals surface area contributed by atoms with Crippen LogP contribution in [0.25, 0.3) is 10.9 Å². The first-order valence-corrected chi connectivity index (χ1v) is 10.4. The Morgan fingerprint density at radius 3 is 2.52 bits per heavy atom. The lowest BCUT2D eigenvalue weighted by molar-refractivity contribution is -0.121. The lowest BCUT2D eigenvalue weighted by Gasteiger charge is -2.32. The summed E-state index contributed by atoms with van der Waals surface area (Å²) in [6, 6.07) is 14.7. The third-order valence-electron chi connectivity index (χ3n) is 6.39. The summed E-state index contributed by atoms with van der Waals surface area (Å²) >= 11 is 0. The molecular formula is C25H27FN2O. The monoisotopic (exact) mass is 390 g/mol. The molecule has 1 saturated carbocycles. The Hall–Kier alpha value is -2.75. The van der Waals surface area contributed by atoms with E-state index in [2.05, 4.69) is 10.3 Å². The van der Waals surface area contributed by atoms with Crippen LogP contribution in [0.4, 0.5) is 10.1 Å². The van der Waals surface area contributed by atoms with Crippen LogP contribution in [0.5, 0.6) is 0 Å². The fraction of sp³-hybridized carbons (Fsp3) is 0.360. The topological polar surface area (TPSA) is 42.0 Å². The molecule has 1 heterocycles. The van der Waals surface area contributed by atoms with Gasteiger partial charge in [0.2, 0.25) is 5.91 Å². The summed E-state index contributed by atoms with van der Waals surface area (Å²) < 4.78 is 13.8. The second-order valence-electron chi connectivity index (χ2n) is 8.32. The predicted molar refractivity (Wildman–Crippen MR) is 115 cm³/mol. The van der Waals surface area contributed by atoms with E-state index in [1.165, 1.54) is 17.2 Å². The van der Waals surface area contributed by atoms with Gasteiger partial charge in [0.25, 0.3) is 0 Å². The molecule has 1 amide bonds. The number of pyridine rings is 1. The van der Waals surface area contributed by atoms with Gasteiger partial charge in [-0.1, -0.05) is 24.6 Å². The molecule has 0 saturated heterocycles. The molecule has 2 aromatic carbocycles. The molecule has 1 aliphatic rings. The largest absolute Gasteiger partial charge is 0.326 e.